The Bertz CT molecular complexity index is 1070. The van der Waals surface area contributed by atoms with Crippen LogP contribution in [0.5, 0.6) is 11.5 Å². The van der Waals surface area contributed by atoms with Crippen LogP contribution in [0.3, 0.4) is 0 Å². The standard InChI is InChI=1S/C20H29N3O7S2/c1-15(20(24)23-8-6-22(7-9-23)16-5-12-31(25,26)14-16)21-32(27,28)17-3-4-18-19(13-17)30-11-2-10-29-18/h3-4,13,15-16,21H,2,5-12,14H2,1H3/t15-,16+/m0/s1. The Balaban J connectivity index is 1.35. The molecule has 12 heteroatoms. The molecule has 2 saturated heterocycles. The first-order valence-electron chi connectivity index (χ1n) is 10.8. The highest BCUT2D eigenvalue weighted by atomic mass is 32.2. The van der Waals surface area contributed by atoms with Gasteiger partial charge in [-0.1, -0.05) is 0 Å². The highest BCUT2D eigenvalue weighted by Gasteiger charge is 2.35. The van der Waals surface area contributed by atoms with E-state index in [1.54, 1.807) is 11.0 Å². The number of hydrogen-bond acceptors (Lipinski definition) is 8. The first-order chi connectivity index (χ1) is 15.1. The molecule has 178 valence electrons. The minimum absolute atomic E-state index is 0.00702. The summed E-state index contributed by atoms with van der Waals surface area (Å²) in [6.07, 6.45) is 1.34. The molecule has 1 aromatic carbocycles. The minimum Gasteiger partial charge on any atom is -0.490 e. The van der Waals surface area contributed by atoms with Crippen molar-refractivity contribution in [3.05, 3.63) is 18.2 Å². The van der Waals surface area contributed by atoms with E-state index in [-0.39, 0.29) is 28.4 Å². The molecule has 2 fully saturated rings. The number of rotatable bonds is 5. The van der Waals surface area contributed by atoms with E-state index in [1.165, 1.54) is 19.1 Å². The fourth-order valence-electron chi connectivity index (χ4n) is 4.31. The third kappa shape index (κ3) is 5.19. The number of amides is 1. The topological polar surface area (TPSA) is 122 Å². The molecule has 10 nitrogen and oxygen atoms in total. The molecule has 0 saturated carbocycles. The molecule has 4 rings (SSSR count). The Hall–Kier alpha value is -1.89. The van der Waals surface area contributed by atoms with Crippen molar-refractivity contribution in [1.29, 1.82) is 0 Å². The first kappa shape index (κ1) is 23.3. The van der Waals surface area contributed by atoms with E-state index in [0.29, 0.717) is 63.7 Å². The van der Waals surface area contributed by atoms with Crippen LogP contribution in [-0.4, -0.2) is 95.5 Å². The van der Waals surface area contributed by atoms with Crippen LogP contribution >= 0.6 is 0 Å². The van der Waals surface area contributed by atoms with Crippen LogP contribution in [0.2, 0.25) is 0 Å². The normalized spacial score (nSPS) is 24.7. The third-order valence-electron chi connectivity index (χ3n) is 6.08. The second-order valence-corrected chi connectivity index (χ2v) is 12.4. The fraction of sp³-hybridized carbons (Fsp3) is 0.650. The van der Waals surface area contributed by atoms with Gasteiger partial charge in [0, 0.05) is 44.7 Å². The van der Waals surface area contributed by atoms with Gasteiger partial charge in [-0.05, 0) is 25.5 Å². The lowest BCUT2D eigenvalue weighted by Gasteiger charge is -2.38. The van der Waals surface area contributed by atoms with E-state index in [9.17, 15) is 21.6 Å². The molecule has 0 spiro atoms. The van der Waals surface area contributed by atoms with Gasteiger partial charge in [-0.3, -0.25) is 9.69 Å². The molecule has 3 aliphatic rings. The number of hydrogen-bond donors (Lipinski definition) is 1. The molecule has 32 heavy (non-hydrogen) atoms. The van der Waals surface area contributed by atoms with Gasteiger partial charge in [0.1, 0.15) is 0 Å². The molecule has 2 atom stereocenters. The quantitative estimate of drug-likeness (QED) is 0.608. The summed E-state index contributed by atoms with van der Waals surface area (Å²) in [5, 5.41) is 0. The number of ether oxygens (including phenoxy) is 2. The molecule has 1 N–H and O–H groups in total. The molecule has 3 aliphatic heterocycles. The second-order valence-electron chi connectivity index (χ2n) is 8.42. The van der Waals surface area contributed by atoms with Gasteiger partial charge >= 0.3 is 0 Å². The van der Waals surface area contributed by atoms with Crippen molar-refractivity contribution in [3.8, 4) is 11.5 Å². The van der Waals surface area contributed by atoms with Crippen LogP contribution < -0.4 is 14.2 Å². The monoisotopic (exact) mass is 487 g/mol. The summed E-state index contributed by atoms with van der Waals surface area (Å²) < 4.78 is 62.7. The summed E-state index contributed by atoms with van der Waals surface area (Å²) in [5.74, 6) is 0.955. The van der Waals surface area contributed by atoms with Gasteiger partial charge in [0.05, 0.1) is 35.7 Å². The van der Waals surface area contributed by atoms with Crippen molar-refractivity contribution in [2.75, 3.05) is 50.9 Å². The molecule has 1 aromatic rings. The molecule has 0 unspecified atom stereocenters. The minimum atomic E-state index is -3.94. The average molecular weight is 488 g/mol. The number of sulfonamides is 1. The van der Waals surface area contributed by atoms with Crippen molar-refractivity contribution in [3.63, 3.8) is 0 Å². The lowest BCUT2D eigenvalue weighted by molar-refractivity contribution is -0.134. The number of piperazine rings is 1. The maximum atomic E-state index is 12.9. The van der Waals surface area contributed by atoms with E-state index < -0.39 is 25.9 Å². The van der Waals surface area contributed by atoms with Crippen molar-refractivity contribution < 1.29 is 31.1 Å². The highest BCUT2D eigenvalue weighted by molar-refractivity contribution is 7.91. The summed E-state index contributed by atoms with van der Waals surface area (Å²) in [4.78, 5) is 16.6. The Kier molecular flexibility index (Phi) is 6.66. The van der Waals surface area contributed by atoms with Crippen molar-refractivity contribution in [2.45, 2.75) is 36.7 Å². The largest absolute Gasteiger partial charge is 0.490 e. The fourth-order valence-corrected chi connectivity index (χ4v) is 7.28. The van der Waals surface area contributed by atoms with E-state index in [2.05, 4.69) is 9.62 Å². The molecule has 0 aliphatic carbocycles. The van der Waals surface area contributed by atoms with E-state index in [1.807, 2.05) is 0 Å². The summed E-state index contributed by atoms with van der Waals surface area (Å²) >= 11 is 0. The molecule has 0 aromatic heterocycles. The number of fused-ring (bicyclic) bond motifs is 1. The second kappa shape index (κ2) is 9.16. The number of benzene rings is 1. The zero-order valence-electron chi connectivity index (χ0n) is 18.0. The third-order valence-corrected chi connectivity index (χ3v) is 9.37. The molecule has 0 bridgehead atoms. The summed E-state index contributed by atoms with van der Waals surface area (Å²) in [6.45, 7) is 4.50. The molecular weight excluding hydrogens is 458 g/mol. The van der Waals surface area contributed by atoms with Gasteiger partial charge in [-0.15, -0.1) is 0 Å². The van der Waals surface area contributed by atoms with E-state index in [4.69, 9.17) is 9.47 Å². The van der Waals surface area contributed by atoms with Gasteiger partial charge in [-0.2, -0.15) is 4.72 Å². The summed E-state index contributed by atoms with van der Waals surface area (Å²) in [6, 6.07) is 3.47. The maximum Gasteiger partial charge on any atom is 0.241 e. The number of nitrogens with zero attached hydrogens (tertiary/aromatic N) is 2. The van der Waals surface area contributed by atoms with E-state index >= 15 is 0 Å². The SMILES string of the molecule is C[C@H](NS(=O)(=O)c1ccc2c(c1)OCCCO2)C(=O)N1CCN([C@@H]2CCS(=O)(=O)C2)CC1. The van der Waals surface area contributed by atoms with Crippen LogP contribution in [0.4, 0.5) is 0 Å². The molecule has 3 heterocycles. The number of carbonyl (C=O) groups excluding carboxylic acids is 1. The highest BCUT2D eigenvalue weighted by Crippen LogP contribution is 2.32. The van der Waals surface area contributed by atoms with Gasteiger partial charge in [0.15, 0.2) is 21.3 Å². The van der Waals surface area contributed by atoms with Crippen LogP contribution in [-0.2, 0) is 24.7 Å². The van der Waals surface area contributed by atoms with Gasteiger partial charge in [-0.25, -0.2) is 16.8 Å². The zero-order valence-corrected chi connectivity index (χ0v) is 19.7. The first-order valence-corrected chi connectivity index (χ1v) is 14.1. The van der Waals surface area contributed by atoms with Crippen LogP contribution in [0.25, 0.3) is 0 Å². The maximum absolute atomic E-state index is 12.9. The van der Waals surface area contributed by atoms with Crippen LogP contribution in [0.1, 0.15) is 19.8 Å². The Morgan fingerprint density at radius 1 is 1.12 bits per heavy atom. The molecule has 1 amide bonds. The van der Waals surface area contributed by atoms with E-state index in [0.717, 1.165) is 0 Å². The molecule has 0 radical (unpaired) electrons. The zero-order chi connectivity index (χ0) is 22.9. The average Bonchev–Trinajstić information content (AvgIpc) is 2.97. The summed E-state index contributed by atoms with van der Waals surface area (Å²) in [7, 11) is -6.89. The Morgan fingerprint density at radius 2 is 1.81 bits per heavy atom. The Morgan fingerprint density at radius 3 is 2.47 bits per heavy atom. The molecular formula is C20H29N3O7S2. The van der Waals surface area contributed by atoms with Crippen molar-refractivity contribution in [2.24, 2.45) is 0 Å². The Labute approximate surface area is 188 Å². The lowest BCUT2D eigenvalue weighted by atomic mass is 10.2. The number of nitrogens with one attached hydrogen (secondary N) is 1. The number of carbonyl (C=O) groups is 1. The lowest BCUT2D eigenvalue weighted by Crippen LogP contribution is -2.56. The van der Waals surface area contributed by atoms with Gasteiger partial charge < -0.3 is 14.4 Å². The smallest absolute Gasteiger partial charge is 0.241 e. The predicted molar refractivity (Wildman–Crippen MR) is 117 cm³/mol. The van der Waals surface area contributed by atoms with Crippen molar-refractivity contribution >= 4 is 25.8 Å². The van der Waals surface area contributed by atoms with Crippen LogP contribution in [0.15, 0.2) is 23.1 Å². The number of sulfone groups is 1. The van der Waals surface area contributed by atoms with Crippen LogP contribution in [0, 0.1) is 0 Å². The predicted octanol–water partition coefficient (Wildman–Crippen LogP) is -0.154. The van der Waals surface area contributed by atoms with Gasteiger partial charge in [0.25, 0.3) is 0 Å². The van der Waals surface area contributed by atoms with Crippen molar-refractivity contribution in [1.82, 2.24) is 14.5 Å². The van der Waals surface area contributed by atoms with Gasteiger partial charge in [0.2, 0.25) is 15.9 Å². The summed E-state index contributed by atoms with van der Waals surface area (Å²) in [5.41, 5.74) is 0.